The standard InChI is InChI=1S/C35H38N8O/c1-23(44)42-20-15-26(16-21-42)41(2)28-7-3-6-24(22-28)30-13-14-31-34(39-30)43(33(40-31)29-8-4-19-38-32(29)36)27-11-9-25(10-12-27)35(37)17-5-18-35/h3-4,6-14,19,22,26H,5,15-18,20-21,37H2,1-2H3,(H2,36,38). The highest BCUT2D eigenvalue weighted by molar-refractivity contribution is 5.85. The Labute approximate surface area is 257 Å². The number of benzene rings is 2. The van der Waals surface area contributed by atoms with E-state index < -0.39 is 0 Å². The van der Waals surface area contributed by atoms with Gasteiger partial charge in [-0.15, -0.1) is 0 Å². The molecule has 0 radical (unpaired) electrons. The SMILES string of the molecule is CC(=O)N1CCC(N(C)c2cccc(-c3ccc4nc(-c5cccnc5N)n(-c5ccc(C6(N)CCC6)cc5)c4n3)c2)CC1. The van der Waals surface area contributed by atoms with E-state index in [1.807, 2.05) is 29.2 Å². The van der Waals surface area contributed by atoms with Crippen LogP contribution in [0.2, 0.25) is 0 Å². The quantitative estimate of drug-likeness (QED) is 0.269. The van der Waals surface area contributed by atoms with E-state index >= 15 is 0 Å². The predicted molar refractivity (Wildman–Crippen MR) is 175 cm³/mol. The summed E-state index contributed by atoms with van der Waals surface area (Å²) >= 11 is 0. The van der Waals surface area contributed by atoms with Crippen molar-refractivity contribution in [2.75, 3.05) is 30.8 Å². The molecule has 44 heavy (non-hydrogen) atoms. The monoisotopic (exact) mass is 586 g/mol. The van der Waals surface area contributed by atoms with Gasteiger partial charge in [0.15, 0.2) is 11.5 Å². The summed E-state index contributed by atoms with van der Waals surface area (Å²) < 4.78 is 2.07. The van der Waals surface area contributed by atoms with Crippen LogP contribution in [0, 0.1) is 0 Å². The maximum atomic E-state index is 11.8. The van der Waals surface area contributed by atoms with Gasteiger partial charge in [0.2, 0.25) is 5.91 Å². The second kappa shape index (κ2) is 11.1. The van der Waals surface area contributed by atoms with Crippen LogP contribution < -0.4 is 16.4 Å². The Hall–Kier alpha value is -4.76. The number of hydrogen-bond acceptors (Lipinski definition) is 7. The molecule has 0 bridgehead atoms. The van der Waals surface area contributed by atoms with Gasteiger partial charge < -0.3 is 21.3 Å². The van der Waals surface area contributed by atoms with Crippen LogP contribution in [-0.2, 0) is 10.3 Å². The molecule has 3 aromatic heterocycles. The van der Waals surface area contributed by atoms with Crippen LogP contribution in [-0.4, -0.2) is 56.5 Å². The van der Waals surface area contributed by atoms with Crippen molar-refractivity contribution in [2.45, 2.75) is 50.6 Å². The summed E-state index contributed by atoms with van der Waals surface area (Å²) in [4.78, 5) is 30.6. The van der Waals surface area contributed by atoms with E-state index in [2.05, 4.69) is 70.0 Å². The number of carbonyl (C=O) groups is 1. The summed E-state index contributed by atoms with van der Waals surface area (Å²) in [6, 6.07) is 25.2. The predicted octanol–water partition coefficient (Wildman–Crippen LogP) is 5.52. The highest BCUT2D eigenvalue weighted by Gasteiger charge is 2.34. The molecule has 9 heteroatoms. The second-order valence-corrected chi connectivity index (χ2v) is 12.2. The number of fused-ring (bicyclic) bond motifs is 1. The first-order valence-electron chi connectivity index (χ1n) is 15.4. The second-order valence-electron chi connectivity index (χ2n) is 12.2. The van der Waals surface area contributed by atoms with Gasteiger partial charge in [-0.05, 0) is 86.2 Å². The van der Waals surface area contributed by atoms with Gasteiger partial charge >= 0.3 is 0 Å². The number of imidazole rings is 1. The number of likely N-dealkylation sites (tertiary alicyclic amines) is 1. The van der Waals surface area contributed by atoms with Crippen molar-refractivity contribution >= 4 is 28.6 Å². The van der Waals surface area contributed by atoms with E-state index in [-0.39, 0.29) is 11.4 Å². The molecule has 5 aromatic rings. The summed E-state index contributed by atoms with van der Waals surface area (Å²) in [6.45, 7) is 3.24. The zero-order chi connectivity index (χ0) is 30.4. The van der Waals surface area contributed by atoms with Crippen LogP contribution in [0.15, 0.2) is 79.0 Å². The molecular weight excluding hydrogens is 548 g/mol. The van der Waals surface area contributed by atoms with E-state index in [0.717, 1.165) is 90.1 Å². The van der Waals surface area contributed by atoms with Gasteiger partial charge in [0.05, 0.1) is 11.3 Å². The van der Waals surface area contributed by atoms with E-state index in [9.17, 15) is 4.79 Å². The lowest BCUT2D eigenvalue weighted by molar-refractivity contribution is -0.129. The van der Waals surface area contributed by atoms with Crippen LogP contribution in [0.25, 0.3) is 39.5 Å². The molecule has 0 atom stereocenters. The molecular formula is C35H38N8O. The molecule has 0 unspecified atom stereocenters. The molecule has 4 heterocycles. The average molecular weight is 587 g/mol. The number of rotatable bonds is 6. The first kappa shape index (κ1) is 28.0. The zero-order valence-corrected chi connectivity index (χ0v) is 25.3. The minimum absolute atomic E-state index is 0.154. The summed E-state index contributed by atoms with van der Waals surface area (Å²) in [5, 5.41) is 0. The van der Waals surface area contributed by atoms with Crippen molar-refractivity contribution in [3.8, 4) is 28.3 Å². The molecule has 7 rings (SSSR count). The first-order chi connectivity index (χ1) is 21.3. The fraction of sp³-hybridized carbons (Fsp3) is 0.314. The highest BCUT2D eigenvalue weighted by Crippen LogP contribution is 2.39. The van der Waals surface area contributed by atoms with Gasteiger partial charge in [-0.25, -0.2) is 15.0 Å². The molecule has 4 N–H and O–H groups in total. The van der Waals surface area contributed by atoms with Gasteiger partial charge in [-0.2, -0.15) is 0 Å². The number of nitrogens with two attached hydrogens (primary N) is 2. The van der Waals surface area contributed by atoms with Crippen molar-refractivity contribution in [1.82, 2.24) is 24.4 Å². The van der Waals surface area contributed by atoms with Crippen molar-refractivity contribution < 1.29 is 4.79 Å². The number of nitrogen functional groups attached to an aromatic ring is 1. The third-order valence-corrected chi connectivity index (χ3v) is 9.54. The van der Waals surface area contributed by atoms with Crippen molar-refractivity contribution in [3.63, 3.8) is 0 Å². The largest absolute Gasteiger partial charge is 0.383 e. The molecule has 2 aromatic carbocycles. The summed E-state index contributed by atoms with van der Waals surface area (Å²) in [5.74, 6) is 1.27. The maximum absolute atomic E-state index is 11.8. The Kier molecular flexibility index (Phi) is 7.05. The van der Waals surface area contributed by atoms with Gasteiger partial charge in [-0.1, -0.05) is 24.3 Å². The lowest BCUT2D eigenvalue weighted by Crippen LogP contribution is -2.45. The third kappa shape index (κ3) is 4.97. The number of hydrogen-bond donors (Lipinski definition) is 2. The molecule has 9 nitrogen and oxygen atoms in total. The van der Waals surface area contributed by atoms with Crippen LogP contribution in [0.4, 0.5) is 11.5 Å². The number of nitrogens with zero attached hydrogens (tertiary/aromatic N) is 6. The zero-order valence-electron chi connectivity index (χ0n) is 25.3. The van der Waals surface area contributed by atoms with Crippen LogP contribution in [0.3, 0.4) is 0 Å². The normalized spacial score (nSPS) is 16.6. The summed E-state index contributed by atoms with van der Waals surface area (Å²) in [7, 11) is 2.14. The molecule has 1 saturated heterocycles. The Morgan fingerprint density at radius 3 is 2.43 bits per heavy atom. The van der Waals surface area contributed by atoms with E-state index in [1.54, 1.807) is 13.1 Å². The van der Waals surface area contributed by atoms with Gasteiger partial charge in [0.1, 0.15) is 11.3 Å². The number of amides is 1. The molecule has 1 amide bonds. The maximum Gasteiger partial charge on any atom is 0.219 e. The molecule has 2 fully saturated rings. The van der Waals surface area contributed by atoms with Crippen molar-refractivity contribution in [2.24, 2.45) is 5.73 Å². The van der Waals surface area contributed by atoms with Gasteiger partial charge in [0, 0.05) is 61.8 Å². The van der Waals surface area contributed by atoms with Crippen LogP contribution in [0.5, 0.6) is 0 Å². The summed E-state index contributed by atoms with van der Waals surface area (Å²) in [5.41, 5.74) is 20.1. The number of anilines is 2. The van der Waals surface area contributed by atoms with Crippen molar-refractivity contribution in [1.29, 1.82) is 0 Å². The lowest BCUT2D eigenvalue weighted by atomic mass is 9.73. The Balaban J connectivity index is 1.27. The fourth-order valence-corrected chi connectivity index (χ4v) is 6.60. The molecule has 1 aliphatic carbocycles. The number of aromatic nitrogens is 4. The minimum Gasteiger partial charge on any atom is -0.383 e. The number of piperidine rings is 1. The fourth-order valence-electron chi connectivity index (χ4n) is 6.60. The average Bonchev–Trinajstić information content (AvgIpc) is 3.42. The lowest BCUT2D eigenvalue weighted by Gasteiger charge is -2.38. The van der Waals surface area contributed by atoms with E-state index in [1.165, 1.54) is 0 Å². The van der Waals surface area contributed by atoms with Crippen LogP contribution >= 0.6 is 0 Å². The third-order valence-electron chi connectivity index (χ3n) is 9.54. The Bertz CT molecular complexity index is 1830. The smallest absolute Gasteiger partial charge is 0.219 e. The Morgan fingerprint density at radius 1 is 0.977 bits per heavy atom. The number of carbonyl (C=O) groups excluding carboxylic acids is 1. The van der Waals surface area contributed by atoms with Gasteiger partial charge in [-0.3, -0.25) is 9.36 Å². The van der Waals surface area contributed by atoms with Gasteiger partial charge in [0.25, 0.3) is 0 Å². The molecule has 1 saturated carbocycles. The first-order valence-corrected chi connectivity index (χ1v) is 15.4. The summed E-state index contributed by atoms with van der Waals surface area (Å²) in [6.07, 6.45) is 6.77. The van der Waals surface area contributed by atoms with Crippen molar-refractivity contribution in [3.05, 3.63) is 84.6 Å². The molecule has 0 spiro atoms. The van der Waals surface area contributed by atoms with E-state index in [0.29, 0.717) is 17.7 Å². The Morgan fingerprint density at radius 2 is 1.75 bits per heavy atom. The molecule has 2 aliphatic rings. The number of pyridine rings is 2. The molecule has 1 aliphatic heterocycles. The van der Waals surface area contributed by atoms with Crippen LogP contribution in [0.1, 0.15) is 44.6 Å². The minimum atomic E-state index is -0.236. The highest BCUT2D eigenvalue weighted by atomic mass is 16.2. The van der Waals surface area contributed by atoms with E-state index in [4.69, 9.17) is 21.4 Å². The molecule has 224 valence electrons. The topological polar surface area (TPSA) is 119 Å².